The summed E-state index contributed by atoms with van der Waals surface area (Å²) in [5.41, 5.74) is -0.517. The normalized spacial score (nSPS) is 25.6. The Kier molecular flexibility index (Phi) is 5.35. The van der Waals surface area contributed by atoms with Crippen molar-refractivity contribution in [2.45, 2.75) is 82.6 Å². The van der Waals surface area contributed by atoms with E-state index in [0.29, 0.717) is 6.42 Å². The second-order valence-corrected chi connectivity index (χ2v) is 8.54. The van der Waals surface area contributed by atoms with Gasteiger partial charge in [-0.3, -0.25) is 4.79 Å². The van der Waals surface area contributed by atoms with Gasteiger partial charge >= 0.3 is 9.24 Å². The van der Waals surface area contributed by atoms with E-state index in [1.807, 2.05) is 0 Å². The summed E-state index contributed by atoms with van der Waals surface area (Å²) in [5, 5.41) is 0. The maximum atomic E-state index is 11.7. The van der Waals surface area contributed by atoms with Gasteiger partial charge in [-0.1, -0.05) is 57.8 Å². The molecule has 6 heteroatoms. The predicted molar refractivity (Wildman–Crippen MR) is 79.8 cm³/mol. The maximum absolute atomic E-state index is 11.7. The van der Waals surface area contributed by atoms with Crippen LogP contribution in [0.2, 0.25) is 0 Å². The number of β-lactam (4-membered cyclic amide) rings is 1. The van der Waals surface area contributed by atoms with Crippen LogP contribution in [0.1, 0.15) is 77.0 Å². The Hall–Kier alpha value is -0.290. The van der Waals surface area contributed by atoms with Gasteiger partial charge in [-0.15, -0.1) is 0 Å². The lowest BCUT2D eigenvalue weighted by atomic mass is 9.77. The van der Waals surface area contributed by atoms with Crippen LogP contribution in [0.25, 0.3) is 0 Å². The van der Waals surface area contributed by atoms with E-state index < -0.39 is 14.8 Å². The summed E-state index contributed by atoms with van der Waals surface area (Å²) in [6.45, 7) is 0. The van der Waals surface area contributed by atoms with E-state index in [1.54, 1.807) is 0 Å². The number of rotatable bonds is 1. The fraction of sp³-hybridized carbons (Fsp3) is 0.929. The standard InChI is InChI=1S/C14H24ClNO3S/c15-20(18,19)16-13(17)12-14(16)10-8-6-4-2-1-3-5-7-9-11-14/h1-12H2. The van der Waals surface area contributed by atoms with Crippen molar-refractivity contribution in [3.05, 3.63) is 0 Å². The highest BCUT2D eigenvalue weighted by Gasteiger charge is 2.55. The van der Waals surface area contributed by atoms with Gasteiger partial charge in [-0.25, -0.2) is 4.31 Å². The molecule has 2 rings (SSSR count). The molecule has 1 aliphatic carbocycles. The van der Waals surface area contributed by atoms with Gasteiger partial charge in [-0.05, 0) is 12.8 Å². The van der Waals surface area contributed by atoms with E-state index in [9.17, 15) is 13.2 Å². The van der Waals surface area contributed by atoms with Gasteiger partial charge in [0.1, 0.15) is 0 Å². The van der Waals surface area contributed by atoms with Crippen LogP contribution in [0.5, 0.6) is 0 Å². The third-order valence-corrected chi connectivity index (χ3v) is 6.08. The van der Waals surface area contributed by atoms with Crippen LogP contribution in [-0.4, -0.2) is 24.2 Å². The molecule has 116 valence electrons. The zero-order chi connectivity index (χ0) is 14.6. The third-order valence-electron chi connectivity index (χ3n) is 4.64. The van der Waals surface area contributed by atoms with Gasteiger partial charge in [0.25, 0.3) is 0 Å². The highest BCUT2D eigenvalue weighted by Crippen LogP contribution is 2.44. The molecule has 1 saturated carbocycles. The molecule has 0 radical (unpaired) electrons. The smallest absolute Gasteiger partial charge is 0.274 e. The van der Waals surface area contributed by atoms with Gasteiger partial charge in [0.15, 0.2) is 0 Å². The van der Waals surface area contributed by atoms with Crippen LogP contribution in [-0.2, 0) is 14.0 Å². The number of nitrogens with zero attached hydrogens (tertiary/aromatic N) is 1. The minimum absolute atomic E-state index is 0.341. The number of hydrogen-bond donors (Lipinski definition) is 0. The Bertz CT molecular complexity index is 437. The molecule has 1 heterocycles. The van der Waals surface area contributed by atoms with Crippen LogP contribution in [0.4, 0.5) is 0 Å². The Balaban J connectivity index is 2.07. The summed E-state index contributed by atoms with van der Waals surface area (Å²) < 4.78 is 24.3. The monoisotopic (exact) mass is 321 g/mol. The molecular formula is C14H24ClNO3S. The lowest BCUT2D eigenvalue weighted by molar-refractivity contribution is -0.146. The number of halogens is 1. The van der Waals surface area contributed by atoms with Gasteiger partial charge in [0, 0.05) is 10.7 Å². The first-order chi connectivity index (χ1) is 9.46. The quantitative estimate of drug-likeness (QED) is 0.546. The number of amides is 1. The molecule has 0 N–H and O–H groups in total. The number of hydrogen-bond acceptors (Lipinski definition) is 3. The molecule has 0 aromatic heterocycles. The molecule has 1 saturated heterocycles. The first-order valence-corrected chi connectivity index (χ1v) is 10.0. The molecule has 1 spiro atoms. The van der Waals surface area contributed by atoms with Crippen molar-refractivity contribution >= 4 is 25.8 Å². The van der Waals surface area contributed by atoms with E-state index >= 15 is 0 Å². The molecule has 2 aliphatic rings. The maximum Gasteiger partial charge on any atom is 0.324 e. The van der Waals surface area contributed by atoms with Crippen molar-refractivity contribution in [2.75, 3.05) is 0 Å². The minimum Gasteiger partial charge on any atom is -0.274 e. The summed E-state index contributed by atoms with van der Waals surface area (Å²) in [7, 11) is 1.52. The molecule has 20 heavy (non-hydrogen) atoms. The molecule has 0 unspecified atom stereocenters. The van der Waals surface area contributed by atoms with Gasteiger partial charge < -0.3 is 0 Å². The zero-order valence-electron chi connectivity index (χ0n) is 11.9. The average molecular weight is 322 g/mol. The molecule has 4 nitrogen and oxygen atoms in total. The van der Waals surface area contributed by atoms with Crippen molar-refractivity contribution in [3.8, 4) is 0 Å². The molecule has 2 fully saturated rings. The molecule has 0 atom stereocenters. The van der Waals surface area contributed by atoms with Crippen LogP contribution >= 0.6 is 10.7 Å². The topological polar surface area (TPSA) is 54.5 Å². The highest BCUT2D eigenvalue weighted by molar-refractivity contribution is 8.12. The fourth-order valence-electron chi connectivity index (χ4n) is 3.60. The van der Waals surface area contributed by atoms with E-state index in [4.69, 9.17) is 10.7 Å². The molecular weight excluding hydrogens is 298 g/mol. The van der Waals surface area contributed by atoms with E-state index in [1.165, 1.54) is 32.1 Å². The van der Waals surface area contributed by atoms with Crippen molar-refractivity contribution in [2.24, 2.45) is 0 Å². The SMILES string of the molecule is O=C1CC2(CCCCCCCCCCC2)N1S(=O)(=O)Cl. The van der Waals surface area contributed by atoms with Crippen LogP contribution < -0.4 is 0 Å². The summed E-state index contributed by atoms with van der Waals surface area (Å²) in [6.07, 6.45) is 12.3. The van der Waals surface area contributed by atoms with Crippen molar-refractivity contribution < 1.29 is 13.2 Å². The van der Waals surface area contributed by atoms with Crippen LogP contribution in [0, 0.1) is 0 Å². The molecule has 0 aromatic carbocycles. The highest BCUT2D eigenvalue weighted by atomic mass is 35.7. The first-order valence-electron chi connectivity index (χ1n) is 7.74. The summed E-state index contributed by atoms with van der Waals surface area (Å²) >= 11 is 0. The predicted octanol–water partition coefficient (Wildman–Crippen LogP) is 3.75. The molecule has 1 amide bonds. The number of carbonyl (C=O) groups excluding carboxylic acids is 1. The van der Waals surface area contributed by atoms with Crippen LogP contribution in [0.3, 0.4) is 0 Å². The lowest BCUT2D eigenvalue weighted by Crippen LogP contribution is -2.64. The largest absolute Gasteiger partial charge is 0.324 e. The Morgan fingerprint density at radius 3 is 1.60 bits per heavy atom. The minimum atomic E-state index is -3.93. The lowest BCUT2D eigenvalue weighted by Gasteiger charge is -2.50. The van der Waals surface area contributed by atoms with Crippen molar-refractivity contribution in [3.63, 3.8) is 0 Å². The first kappa shape index (κ1) is 16.1. The summed E-state index contributed by atoms with van der Waals surface area (Å²) in [5.74, 6) is -0.341. The molecule has 0 bridgehead atoms. The number of carbonyl (C=O) groups is 1. The van der Waals surface area contributed by atoms with Gasteiger partial charge in [0.05, 0.1) is 12.0 Å². The Morgan fingerprint density at radius 1 is 0.850 bits per heavy atom. The third kappa shape index (κ3) is 3.67. The average Bonchev–Trinajstić information content (AvgIpc) is 2.29. The van der Waals surface area contributed by atoms with Crippen molar-refractivity contribution in [1.82, 2.24) is 4.31 Å². The van der Waals surface area contributed by atoms with Crippen molar-refractivity contribution in [1.29, 1.82) is 0 Å². The van der Waals surface area contributed by atoms with Gasteiger partial charge in [0.2, 0.25) is 5.91 Å². The van der Waals surface area contributed by atoms with E-state index in [0.717, 1.165) is 42.8 Å². The van der Waals surface area contributed by atoms with E-state index in [2.05, 4.69) is 0 Å². The fourth-order valence-corrected chi connectivity index (χ4v) is 5.29. The summed E-state index contributed by atoms with van der Waals surface area (Å²) in [4.78, 5) is 11.7. The summed E-state index contributed by atoms with van der Waals surface area (Å²) in [6, 6.07) is 0. The van der Waals surface area contributed by atoms with Gasteiger partial charge in [-0.2, -0.15) is 8.42 Å². The van der Waals surface area contributed by atoms with Crippen LogP contribution in [0.15, 0.2) is 0 Å². The molecule has 1 aliphatic heterocycles. The Morgan fingerprint density at radius 2 is 1.25 bits per heavy atom. The second kappa shape index (κ2) is 6.65. The zero-order valence-corrected chi connectivity index (χ0v) is 13.5. The van der Waals surface area contributed by atoms with E-state index in [-0.39, 0.29) is 5.91 Å². The second-order valence-electron chi connectivity index (χ2n) is 6.18. The Labute approximate surface area is 126 Å². The molecule has 0 aromatic rings.